The van der Waals surface area contributed by atoms with Gasteiger partial charge in [-0.25, -0.2) is 0 Å². The molecular weight excluding hydrogens is 506 g/mol. The van der Waals surface area contributed by atoms with Gasteiger partial charge < -0.3 is 4.74 Å². The SMILES string of the molecule is Cc1ccc2c(C(=O)c3ccc(Br)c(C)c3)c(-c3ccc(OCCN4CCCC4)cc3)sc2c1. The van der Waals surface area contributed by atoms with E-state index >= 15 is 0 Å². The second-order valence-electron chi connectivity index (χ2n) is 9.02. The third-order valence-electron chi connectivity index (χ3n) is 6.48. The topological polar surface area (TPSA) is 29.5 Å². The predicted molar refractivity (Wildman–Crippen MR) is 145 cm³/mol. The van der Waals surface area contributed by atoms with Crippen molar-refractivity contribution in [2.75, 3.05) is 26.2 Å². The Morgan fingerprint density at radius 3 is 2.50 bits per heavy atom. The minimum Gasteiger partial charge on any atom is -0.492 e. The van der Waals surface area contributed by atoms with Crippen LogP contribution < -0.4 is 4.74 Å². The Balaban J connectivity index is 1.46. The van der Waals surface area contributed by atoms with Gasteiger partial charge in [-0.2, -0.15) is 0 Å². The number of hydrogen-bond donors (Lipinski definition) is 0. The Bertz CT molecular complexity index is 1340. The molecule has 2 heterocycles. The highest BCUT2D eigenvalue weighted by molar-refractivity contribution is 9.10. The van der Waals surface area contributed by atoms with Gasteiger partial charge in [-0.15, -0.1) is 11.3 Å². The van der Waals surface area contributed by atoms with E-state index in [4.69, 9.17) is 4.74 Å². The van der Waals surface area contributed by atoms with Gasteiger partial charge >= 0.3 is 0 Å². The molecule has 1 aromatic heterocycles. The van der Waals surface area contributed by atoms with Crippen LogP contribution in [-0.4, -0.2) is 36.9 Å². The first-order valence-electron chi connectivity index (χ1n) is 11.8. The second kappa shape index (κ2) is 10.0. The monoisotopic (exact) mass is 533 g/mol. The van der Waals surface area contributed by atoms with E-state index in [0.717, 1.165) is 48.4 Å². The number of carbonyl (C=O) groups is 1. The van der Waals surface area contributed by atoms with Crippen LogP contribution in [0.15, 0.2) is 65.1 Å². The van der Waals surface area contributed by atoms with Crippen LogP contribution in [0.25, 0.3) is 20.5 Å². The number of rotatable bonds is 7. The molecule has 3 nitrogen and oxygen atoms in total. The highest BCUT2D eigenvalue weighted by Crippen LogP contribution is 2.41. The van der Waals surface area contributed by atoms with Gasteiger partial charge in [0.15, 0.2) is 5.78 Å². The maximum Gasteiger partial charge on any atom is 0.195 e. The fourth-order valence-corrected chi connectivity index (χ4v) is 6.11. The van der Waals surface area contributed by atoms with Gasteiger partial charge in [0.2, 0.25) is 0 Å². The number of nitrogens with zero attached hydrogens (tertiary/aromatic N) is 1. The minimum atomic E-state index is 0.0617. The highest BCUT2D eigenvalue weighted by Gasteiger charge is 2.22. The average molecular weight is 535 g/mol. The van der Waals surface area contributed by atoms with Crippen molar-refractivity contribution in [3.63, 3.8) is 0 Å². The van der Waals surface area contributed by atoms with E-state index in [1.54, 1.807) is 11.3 Å². The summed E-state index contributed by atoms with van der Waals surface area (Å²) in [5.74, 6) is 0.933. The van der Waals surface area contributed by atoms with Crippen LogP contribution in [0, 0.1) is 13.8 Å². The van der Waals surface area contributed by atoms with Crippen molar-refractivity contribution in [2.45, 2.75) is 26.7 Å². The van der Waals surface area contributed by atoms with Crippen molar-refractivity contribution < 1.29 is 9.53 Å². The predicted octanol–water partition coefficient (Wildman–Crippen LogP) is 7.65. The number of ketones is 1. The molecule has 0 N–H and O–H groups in total. The largest absolute Gasteiger partial charge is 0.492 e. The number of thiophene rings is 1. The number of fused-ring (bicyclic) bond motifs is 1. The van der Waals surface area contributed by atoms with E-state index < -0.39 is 0 Å². The molecule has 34 heavy (non-hydrogen) atoms. The molecular formula is C29H28BrNO2S. The summed E-state index contributed by atoms with van der Waals surface area (Å²) in [6.07, 6.45) is 2.59. The number of likely N-dealkylation sites (tertiary alicyclic amines) is 1. The molecule has 0 unspecified atom stereocenters. The van der Waals surface area contributed by atoms with Crippen molar-refractivity contribution in [3.05, 3.63) is 87.4 Å². The fraction of sp³-hybridized carbons (Fsp3) is 0.276. The summed E-state index contributed by atoms with van der Waals surface area (Å²) in [4.78, 5) is 17.2. The molecule has 1 fully saturated rings. The lowest BCUT2D eigenvalue weighted by atomic mass is 9.96. The molecule has 0 aliphatic carbocycles. The number of aryl methyl sites for hydroxylation is 2. The van der Waals surface area contributed by atoms with Gasteiger partial charge in [-0.05, 0) is 105 Å². The maximum atomic E-state index is 13.8. The second-order valence-corrected chi connectivity index (χ2v) is 10.9. The summed E-state index contributed by atoms with van der Waals surface area (Å²) in [5, 5.41) is 1.02. The van der Waals surface area contributed by atoms with E-state index in [2.05, 4.69) is 58.1 Å². The number of halogens is 1. The van der Waals surface area contributed by atoms with E-state index in [1.807, 2.05) is 37.3 Å². The summed E-state index contributed by atoms with van der Waals surface area (Å²) in [5.41, 5.74) is 4.79. The van der Waals surface area contributed by atoms with Gasteiger partial charge in [0, 0.05) is 37.1 Å². The average Bonchev–Trinajstić information content (AvgIpc) is 3.48. The molecule has 4 aromatic rings. The van der Waals surface area contributed by atoms with E-state index in [0.29, 0.717) is 12.2 Å². The smallest absolute Gasteiger partial charge is 0.195 e. The number of benzene rings is 3. The van der Waals surface area contributed by atoms with Gasteiger partial charge in [-0.1, -0.05) is 28.1 Å². The molecule has 0 bridgehead atoms. The molecule has 1 saturated heterocycles. The summed E-state index contributed by atoms with van der Waals surface area (Å²) in [6, 6.07) is 20.3. The van der Waals surface area contributed by atoms with Crippen LogP contribution in [-0.2, 0) is 0 Å². The molecule has 5 heteroatoms. The first kappa shape index (κ1) is 23.3. The molecule has 0 spiro atoms. The summed E-state index contributed by atoms with van der Waals surface area (Å²) >= 11 is 5.23. The highest BCUT2D eigenvalue weighted by atomic mass is 79.9. The number of ether oxygens (including phenoxy) is 1. The van der Waals surface area contributed by atoms with Crippen molar-refractivity contribution in [1.29, 1.82) is 0 Å². The van der Waals surface area contributed by atoms with Crippen molar-refractivity contribution in [1.82, 2.24) is 4.90 Å². The third kappa shape index (κ3) is 4.83. The minimum absolute atomic E-state index is 0.0617. The Hall–Kier alpha value is -2.47. The van der Waals surface area contributed by atoms with Crippen molar-refractivity contribution in [3.8, 4) is 16.2 Å². The molecule has 5 rings (SSSR count). The quantitative estimate of drug-likeness (QED) is 0.228. The molecule has 0 radical (unpaired) electrons. The normalized spacial score (nSPS) is 14.1. The summed E-state index contributed by atoms with van der Waals surface area (Å²) < 4.78 is 8.14. The Labute approximate surface area is 213 Å². The van der Waals surface area contributed by atoms with Crippen LogP contribution >= 0.6 is 27.3 Å². The Kier molecular flexibility index (Phi) is 6.87. The van der Waals surface area contributed by atoms with Gasteiger partial charge in [0.25, 0.3) is 0 Å². The van der Waals surface area contributed by atoms with Crippen LogP contribution in [0.3, 0.4) is 0 Å². The summed E-state index contributed by atoms with van der Waals surface area (Å²) in [6.45, 7) is 8.15. The standard InChI is InChI=1S/C29H28BrNO2S/c1-19-5-11-24-26(17-19)34-29(27(24)28(32)22-8-12-25(30)20(2)18-22)21-6-9-23(10-7-21)33-16-15-31-13-3-4-14-31/h5-12,17-18H,3-4,13-16H2,1-2H3. The lowest BCUT2D eigenvalue weighted by Crippen LogP contribution is -2.25. The number of carbonyl (C=O) groups excluding carboxylic acids is 1. The molecule has 0 amide bonds. The van der Waals surface area contributed by atoms with Crippen LogP contribution in [0.2, 0.25) is 0 Å². The molecule has 0 atom stereocenters. The molecule has 1 aliphatic heterocycles. The molecule has 1 aliphatic rings. The van der Waals surface area contributed by atoms with Crippen LogP contribution in [0.5, 0.6) is 5.75 Å². The lowest BCUT2D eigenvalue weighted by Gasteiger charge is -2.15. The number of hydrogen-bond acceptors (Lipinski definition) is 4. The zero-order valence-electron chi connectivity index (χ0n) is 19.6. The van der Waals surface area contributed by atoms with Crippen molar-refractivity contribution in [2.24, 2.45) is 0 Å². The zero-order chi connectivity index (χ0) is 23.7. The first-order chi connectivity index (χ1) is 16.5. The van der Waals surface area contributed by atoms with Crippen LogP contribution in [0.1, 0.15) is 39.9 Å². The van der Waals surface area contributed by atoms with Crippen LogP contribution in [0.4, 0.5) is 0 Å². The summed E-state index contributed by atoms with van der Waals surface area (Å²) in [7, 11) is 0. The van der Waals surface area contributed by atoms with Crippen molar-refractivity contribution >= 4 is 43.1 Å². The van der Waals surface area contributed by atoms with E-state index in [1.165, 1.54) is 31.5 Å². The molecule has 3 aromatic carbocycles. The van der Waals surface area contributed by atoms with Gasteiger partial charge in [0.05, 0.1) is 0 Å². The van der Waals surface area contributed by atoms with E-state index in [9.17, 15) is 4.79 Å². The fourth-order valence-electron chi connectivity index (χ4n) is 4.56. The van der Waals surface area contributed by atoms with E-state index in [-0.39, 0.29) is 5.78 Å². The van der Waals surface area contributed by atoms with Gasteiger partial charge in [0.1, 0.15) is 12.4 Å². The molecule has 174 valence electrons. The lowest BCUT2D eigenvalue weighted by molar-refractivity contribution is 0.104. The van der Waals surface area contributed by atoms with Gasteiger partial charge in [-0.3, -0.25) is 9.69 Å². The zero-order valence-corrected chi connectivity index (χ0v) is 22.0. The third-order valence-corrected chi connectivity index (χ3v) is 8.58. The molecule has 0 saturated carbocycles. The Morgan fingerprint density at radius 2 is 1.76 bits per heavy atom. The Morgan fingerprint density at radius 1 is 1.00 bits per heavy atom. The first-order valence-corrected chi connectivity index (χ1v) is 13.4. The maximum absolute atomic E-state index is 13.8.